The van der Waals surface area contributed by atoms with Gasteiger partial charge in [-0.1, -0.05) is 0 Å². The van der Waals surface area contributed by atoms with Gasteiger partial charge in [-0.2, -0.15) is 0 Å². The number of hydrogen-bond acceptors (Lipinski definition) is 3. The van der Waals surface area contributed by atoms with Gasteiger partial charge in [0.2, 0.25) is 0 Å². The Balaban J connectivity index is 2.40. The van der Waals surface area contributed by atoms with Gasteiger partial charge in [0, 0.05) is 12.6 Å². The first-order valence-corrected chi connectivity index (χ1v) is 4.47. The van der Waals surface area contributed by atoms with Gasteiger partial charge in [-0.25, -0.2) is 0 Å². The van der Waals surface area contributed by atoms with Crippen LogP contribution in [0.3, 0.4) is 0 Å². The number of hydrogen-bond donors (Lipinski definition) is 0. The molecule has 0 aromatic carbocycles. The molecule has 1 saturated heterocycles. The lowest BCUT2D eigenvalue weighted by Crippen LogP contribution is -2.29. The molecule has 12 heavy (non-hydrogen) atoms. The van der Waals surface area contributed by atoms with Gasteiger partial charge >= 0.3 is 5.97 Å². The highest BCUT2D eigenvalue weighted by Gasteiger charge is 2.29. The van der Waals surface area contributed by atoms with E-state index in [1.165, 1.54) is 7.11 Å². The molecule has 1 aliphatic rings. The molecule has 0 aromatic heterocycles. The highest BCUT2D eigenvalue weighted by Crippen LogP contribution is 2.19. The zero-order valence-electron chi connectivity index (χ0n) is 8.04. The molecule has 0 spiro atoms. The molecule has 0 N–H and O–H groups in total. The van der Waals surface area contributed by atoms with Crippen molar-refractivity contribution >= 4 is 5.97 Å². The zero-order valence-corrected chi connectivity index (χ0v) is 8.04. The zero-order chi connectivity index (χ0) is 9.14. The van der Waals surface area contributed by atoms with Crippen LogP contribution in [0.5, 0.6) is 0 Å². The van der Waals surface area contributed by atoms with Crippen molar-refractivity contribution in [2.24, 2.45) is 5.92 Å². The van der Waals surface area contributed by atoms with E-state index in [0.29, 0.717) is 6.04 Å². The average Bonchev–Trinajstić information content (AvgIpc) is 2.51. The van der Waals surface area contributed by atoms with E-state index in [1.807, 2.05) is 0 Å². The lowest BCUT2D eigenvalue weighted by molar-refractivity contribution is -0.144. The van der Waals surface area contributed by atoms with Crippen LogP contribution < -0.4 is 0 Å². The summed E-state index contributed by atoms with van der Waals surface area (Å²) in [5, 5.41) is 0. The van der Waals surface area contributed by atoms with Crippen LogP contribution in [0, 0.1) is 5.92 Å². The Hall–Kier alpha value is -0.570. The first-order chi connectivity index (χ1) is 5.65. The first-order valence-electron chi connectivity index (χ1n) is 4.47. The van der Waals surface area contributed by atoms with E-state index >= 15 is 0 Å². The fraction of sp³-hybridized carbons (Fsp3) is 0.889. The van der Waals surface area contributed by atoms with Crippen molar-refractivity contribution in [1.82, 2.24) is 4.90 Å². The summed E-state index contributed by atoms with van der Waals surface area (Å²) < 4.78 is 4.70. The first kappa shape index (κ1) is 9.52. The van der Waals surface area contributed by atoms with Gasteiger partial charge in [-0.15, -0.1) is 0 Å². The van der Waals surface area contributed by atoms with E-state index in [2.05, 4.69) is 18.7 Å². The van der Waals surface area contributed by atoms with Crippen molar-refractivity contribution < 1.29 is 9.53 Å². The monoisotopic (exact) mass is 171 g/mol. The lowest BCUT2D eigenvalue weighted by atomic mass is 10.1. The number of carbonyl (C=O) groups is 1. The Morgan fingerprint density at radius 2 is 2.25 bits per heavy atom. The maximum absolute atomic E-state index is 11.1. The van der Waals surface area contributed by atoms with Crippen LogP contribution >= 0.6 is 0 Å². The number of ether oxygens (including phenoxy) is 1. The normalized spacial score (nSPS) is 24.8. The molecule has 0 bridgehead atoms. The van der Waals surface area contributed by atoms with Gasteiger partial charge in [0.1, 0.15) is 0 Å². The van der Waals surface area contributed by atoms with Gasteiger partial charge in [-0.3, -0.25) is 4.79 Å². The Kier molecular flexibility index (Phi) is 3.09. The standard InChI is InChI=1S/C9H17NO2/c1-7(2)10-5-4-8(6-10)9(11)12-3/h7-8H,4-6H2,1-3H3. The summed E-state index contributed by atoms with van der Waals surface area (Å²) in [5.41, 5.74) is 0. The maximum atomic E-state index is 11.1. The van der Waals surface area contributed by atoms with Crippen LogP contribution in [0.15, 0.2) is 0 Å². The molecule has 1 atom stereocenters. The molecular weight excluding hydrogens is 154 g/mol. The fourth-order valence-electron chi connectivity index (χ4n) is 1.62. The largest absolute Gasteiger partial charge is 0.469 e. The summed E-state index contributed by atoms with van der Waals surface area (Å²) >= 11 is 0. The summed E-state index contributed by atoms with van der Waals surface area (Å²) in [7, 11) is 1.46. The number of methoxy groups -OCH3 is 1. The van der Waals surface area contributed by atoms with Crippen molar-refractivity contribution in [1.29, 1.82) is 0 Å². The fourth-order valence-corrected chi connectivity index (χ4v) is 1.62. The Bertz CT molecular complexity index is 168. The van der Waals surface area contributed by atoms with E-state index in [4.69, 9.17) is 4.74 Å². The number of nitrogens with zero attached hydrogens (tertiary/aromatic N) is 1. The Labute approximate surface area is 73.7 Å². The van der Waals surface area contributed by atoms with Crippen molar-refractivity contribution in [2.75, 3.05) is 20.2 Å². The third kappa shape index (κ3) is 1.97. The molecule has 70 valence electrons. The van der Waals surface area contributed by atoms with E-state index in [1.54, 1.807) is 0 Å². The topological polar surface area (TPSA) is 29.5 Å². The third-order valence-corrected chi connectivity index (χ3v) is 2.48. The lowest BCUT2D eigenvalue weighted by Gasteiger charge is -2.19. The predicted molar refractivity (Wildman–Crippen MR) is 46.8 cm³/mol. The van der Waals surface area contributed by atoms with Gasteiger partial charge in [0.05, 0.1) is 13.0 Å². The van der Waals surface area contributed by atoms with Crippen LogP contribution in [-0.2, 0) is 9.53 Å². The quantitative estimate of drug-likeness (QED) is 0.578. The molecular formula is C9H17NO2. The summed E-state index contributed by atoms with van der Waals surface area (Å²) in [5.74, 6) is 0.0514. The van der Waals surface area contributed by atoms with Crippen molar-refractivity contribution in [2.45, 2.75) is 26.3 Å². The van der Waals surface area contributed by atoms with Gasteiger partial charge in [0.25, 0.3) is 0 Å². The summed E-state index contributed by atoms with van der Waals surface area (Å²) in [6, 6.07) is 0.541. The number of esters is 1. The second-order valence-electron chi connectivity index (χ2n) is 3.60. The maximum Gasteiger partial charge on any atom is 0.310 e. The average molecular weight is 171 g/mol. The van der Waals surface area contributed by atoms with Crippen molar-refractivity contribution in [3.63, 3.8) is 0 Å². The molecule has 0 aliphatic carbocycles. The van der Waals surface area contributed by atoms with Crippen molar-refractivity contribution in [3.05, 3.63) is 0 Å². The molecule has 0 amide bonds. The molecule has 1 rings (SSSR count). The van der Waals surface area contributed by atoms with E-state index < -0.39 is 0 Å². The van der Waals surface area contributed by atoms with E-state index in [-0.39, 0.29) is 11.9 Å². The van der Waals surface area contributed by atoms with Crippen LogP contribution in [0.4, 0.5) is 0 Å². The van der Waals surface area contributed by atoms with E-state index in [9.17, 15) is 4.79 Å². The summed E-state index contributed by atoms with van der Waals surface area (Å²) in [4.78, 5) is 13.4. The molecule has 1 unspecified atom stereocenters. The molecule has 1 heterocycles. The van der Waals surface area contributed by atoms with Gasteiger partial charge < -0.3 is 9.64 Å². The molecule has 0 aromatic rings. The van der Waals surface area contributed by atoms with Crippen LogP contribution in [0.25, 0.3) is 0 Å². The number of rotatable bonds is 2. The summed E-state index contributed by atoms with van der Waals surface area (Å²) in [6.45, 7) is 6.20. The molecule has 1 aliphatic heterocycles. The van der Waals surface area contributed by atoms with Crippen LogP contribution in [0.2, 0.25) is 0 Å². The number of carbonyl (C=O) groups excluding carboxylic acids is 1. The third-order valence-electron chi connectivity index (χ3n) is 2.48. The minimum atomic E-state index is -0.0573. The smallest absolute Gasteiger partial charge is 0.310 e. The molecule has 3 heteroatoms. The molecule has 0 saturated carbocycles. The van der Waals surface area contributed by atoms with E-state index in [0.717, 1.165) is 19.5 Å². The highest BCUT2D eigenvalue weighted by atomic mass is 16.5. The van der Waals surface area contributed by atoms with Crippen molar-refractivity contribution in [3.8, 4) is 0 Å². The molecule has 3 nitrogen and oxygen atoms in total. The Morgan fingerprint density at radius 1 is 1.58 bits per heavy atom. The second kappa shape index (κ2) is 3.90. The highest BCUT2D eigenvalue weighted by molar-refractivity contribution is 5.72. The summed E-state index contributed by atoms with van der Waals surface area (Å²) in [6.07, 6.45) is 0.949. The Morgan fingerprint density at radius 3 is 2.67 bits per heavy atom. The van der Waals surface area contributed by atoms with Crippen LogP contribution in [0.1, 0.15) is 20.3 Å². The van der Waals surface area contributed by atoms with Gasteiger partial charge in [-0.05, 0) is 26.8 Å². The predicted octanol–water partition coefficient (Wildman–Crippen LogP) is 0.890. The number of likely N-dealkylation sites (tertiary alicyclic amines) is 1. The second-order valence-corrected chi connectivity index (χ2v) is 3.60. The molecule has 1 fully saturated rings. The molecule has 0 radical (unpaired) electrons. The van der Waals surface area contributed by atoms with Crippen LogP contribution in [-0.4, -0.2) is 37.1 Å². The van der Waals surface area contributed by atoms with Gasteiger partial charge in [0.15, 0.2) is 0 Å². The minimum absolute atomic E-state index is 0.0573. The minimum Gasteiger partial charge on any atom is -0.469 e. The SMILES string of the molecule is COC(=O)C1CCN(C(C)C)C1.